The van der Waals surface area contributed by atoms with E-state index in [1.165, 1.54) is 0 Å². The summed E-state index contributed by atoms with van der Waals surface area (Å²) in [7, 11) is 0. The molecule has 1 atom stereocenters. The second-order valence-electron chi connectivity index (χ2n) is 3.91. The summed E-state index contributed by atoms with van der Waals surface area (Å²) in [6, 6.07) is 9.58. The van der Waals surface area contributed by atoms with Gasteiger partial charge in [0.2, 0.25) is 0 Å². The summed E-state index contributed by atoms with van der Waals surface area (Å²) in [4.78, 5) is 20.4. The molecule has 1 aromatic heterocycles. The normalized spacial score (nSPS) is 18.1. The van der Waals surface area contributed by atoms with Crippen molar-refractivity contribution in [1.29, 1.82) is 0 Å². The molecule has 1 unspecified atom stereocenters. The number of thioether (sulfide) groups is 1. The van der Waals surface area contributed by atoms with Gasteiger partial charge >= 0.3 is 0 Å². The summed E-state index contributed by atoms with van der Waals surface area (Å²) in [6.45, 7) is 0. The zero-order chi connectivity index (χ0) is 12.4. The van der Waals surface area contributed by atoms with Crippen LogP contribution < -0.4 is 5.32 Å². The zero-order valence-corrected chi connectivity index (χ0v) is 10.4. The van der Waals surface area contributed by atoms with E-state index in [0.717, 1.165) is 16.7 Å². The van der Waals surface area contributed by atoms with Crippen molar-refractivity contribution < 1.29 is 4.79 Å². The summed E-state index contributed by atoms with van der Waals surface area (Å²) >= 11 is 1.59. The lowest BCUT2D eigenvalue weighted by atomic mass is 10.1. The monoisotopic (exact) mass is 257 g/mol. The zero-order valence-electron chi connectivity index (χ0n) is 9.54. The predicted molar refractivity (Wildman–Crippen MR) is 73.9 cm³/mol. The Morgan fingerprint density at radius 3 is 3.11 bits per heavy atom. The van der Waals surface area contributed by atoms with Crippen LogP contribution in [0.15, 0.2) is 41.5 Å². The maximum Gasteiger partial charge on any atom is 0.255 e. The number of amides is 1. The minimum absolute atomic E-state index is 0.134. The molecular formula is C13H11N3OS. The van der Waals surface area contributed by atoms with Gasteiger partial charge in [-0.15, -0.1) is 11.8 Å². The number of benzene rings is 1. The predicted octanol–water partition coefficient (Wildman–Crippen LogP) is 2.07. The highest BCUT2D eigenvalue weighted by molar-refractivity contribution is 8.00. The van der Waals surface area contributed by atoms with Crippen molar-refractivity contribution in [1.82, 2.24) is 10.3 Å². The Labute approximate surface area is 109 Å². The van der Waals surface area contributed by atoms with Gasteiger partial charge in [-0.05, 0) is 12.1 Å². The highest BCUT2D eigenvalue weighted by atomic mass is 32.2. The maximum absolute atomic E-state index is 12.0. The Balaban J connectivity index is 1.84. The summed E-state index contributed by atoms with van der Waals surface area (Å²) in [6.07, 6.45) is 3.41. The van der Waals surface area contributed by atoms with Gasteiger partial charge in [0.25, 0.3) is 5.91 Å². The molecule has 0 fully saturated rings. The van der Waals surface area contributed by atoms with Crippen LogP contribution in [0, 0.1) is 0 Å². The van der Waals surface area contributed by atoms with Crippen molar-refractivity contribution in [3.05, 3.63) is 42.1 Å². The number of aromatic nitrogens is 1. The van der Waals surface area contributed by atoms with Gasteiger partial charge in [0, 0.05) is 23.6 Å². The van der Waals surface area contributed by atoms with Gasteiger partial charge < -0.3 is 5.32 Å². The summed E-state index contributed by atoms with van der Waals surface area (Å²) in [5.74, 6) is 0.714. The lowest BCUT2D eigenvalue weighted by Gasteiger charge is -2.09. The van der Waals surface area contributed by atoms with Crippen LogP contribution in [0.5, 0.6) is 0 Å². The van der Waals surface area contributed by atoms with Crippen LogP contribution in [-0.4, -0.2) is 28.4 Å². The molecule has 1 aromatic carbocycles. The number of rotatable bonds is 2. The smallest absolute Gasteiger partial charge is 0.255 e. The molecule has 90 valence electrons. The van der Waals surface area contributed by atoms with Crippen molar-refractivity contribution >= 4 is 34.8 Å². The first-order valence-corrected chi connectivity index (χ1v) is 6.67. The lowest BCUT2D eigenvalue weighted by Crippen LogP contribution is -2.30. The molecule has 0 saturated heterocycles. The molecule has 0 saturated carbocycles. The van der Waals surface area contributed by atoms with Gasteiger partial charge in [-0.1, -0.05) is 18.2 Å². The number of carbonyl (C=O) groups excluding carboxylic acids is 1. The van der Waals surface area contributed by atoms with E-state index < -0.39 is 0 Å². The number of hydrogen-bond donors (Lipinski definition) is 1. The number of aliphatic imine (C=N–C) groups is 1. The second kappa shape index (κ2) is 4.78. The summed E-state index contributed by atoms with van der Waals surface area (Å²) in [5, 5.41) is 3.81. The van der Waals surface area contributed by atoms with Crippen LogP contribution in [0.1, 0.15) is 10.4 Å². The Morgan fingerprint density at radius 2 is 2.28 bits per heavy atom. The SMILES string of the molecule is O=C(NC1N=CCS1)c1cnc2ccccc2c1. The number of carbonyl (C=O) groups is 1. The van der Waals surface area contributed by atoms with E-state index in [2.05, 4.69) is 15.3 Å². The highest BCUT2D eigenvalue weighted by Gasteiger charge is 2.15. The molecule has 1 aliphatic heterocycles. The minimum atomic E-state index is -0.163. The van der Waals surface area contributed by atoms with E-state index >= 15 is 0 Å². The topological polar surface area (TPSA) is 54.4 Å². The van der Waals surface area contributed by atoms with E-state index in [1.54, 1.807) is 18.0 Å². The van der Waals surface area contributed by atoms with Crippen molar-refractivity contribution in [3.63, 3.8) is 0 Å². The summed E-state index contributed by atoms with van der Waals surface area (Å²) in [5.41, 5.74) is 1.29. The Bertz CT molecular complexity index is 626. The number of pyridine rings is 1. The van der Waals surface area contributed by atoms with E-state index in [1.807, 2.05) is 36.5 Å². The first-order valence-electron chi connectivity index (χ1n) is 5.62. The van der Waals surface area contributed by atoms with E-state index in [9.17, 15) is 4.79 Å². The van der Waals surface area contributed by atoms with Crippen molar-refractivity contribution in [2.75, 3.05) is 5.75 Å². The van der Waals surface area contributed by atoms with Crippen molar-refractivity contribution in [3.8, 4) is 0 Å². The van der Waals surface area contributed by atoms with Crippen LogP contribution in [0.25, 0.3) is 10.9 Å². The molecule has 5 heteroatoms. The second-order valence-corrected chi connectivity index (χ2v) is 5.02. The number of para-hydroxylation sites is 1. The number of nitrogens with one attached hydrogen (secondary N) is 1. The molecule has 0 aliphatic carbocycles. The average Bonchev–Trinajstić information content (AvgIpc) is 2.91. The Hall–Kier alpha value is -1.88. The standard InChI is InChI=1S/C13H11N3OS/c17-12(16-13-14-5-6-18-13)10-7-9-3-1-2-4-11(9)15-8-10/h1-5,7-8,13H,6H2,(H,16,17). The quantitative estimate of drug-likeness (QED) is 0.896. The third-order valence-corrected chi connectivity index (χ3v) is 3.57. The molecule has 0 radical (unpaired) electrons. The van der Waals surface area contributed by atoms with Crippen LogP contribution in [-0.2, 0) is 0 Å². The number of nitrogens with zero attached hydrogens (tertiary/aromatic N) is 2. The molecule has 3 rings (SSSR count). The molecule has 18 heavy (non-hydrogen) atoms. The minimum Gasteiger partial charge on any atom is -0.322 e. The fraction of sp³-hybridized carbons (Fsp3) is 0.154. The molecule has 0 spiro atoms. The van der Waals surface area contributed by atoms with Crippen molar-refractivity contribution in [2.45, 2.75) is 5.50 Å². The Kier molecular flexibility index (Phi) is 2.98. The molecular weight excluding hydrogens is 246 g/mol. The van der Waals surface area contributed by atoms with Crippen molar-refractivity contribution in [2.24, 2.45) is 4.99 Å². The fourth-order valence-electron chi connectivity index (χ4n) is 1.79. The van der Waals surface area contributed by atoms with Crippen LogP contribution in [0.3, 0.4) is 0 Å². The molecule has 4 nitrogen and oxygen atoms in total. The van der Waals surface area contributed by atoms with Crippen LogP contribution in [0.2, 0.25) is 0 Å². The first kappa shape index (κ1) is 11.2. The van der Waals surface area contributed by atoms with Gasteiger partial charge in [-0.25, -0.2) is 0 Å². The van der Waals surface area contributed by atoms with Crippen LogP contribution in [0.4, 0.5) is 0 Å². The molecule has 2 aromatic rings. The van der Waals surface area contributed by atoms with Crippen LogP contribution >= 0.6 is 11.8 Å². The van der Waals surface area contributed by atoms with Gasteiger partial charge in [0.15, 0.2) is 5.50 Å². The highest BCUT2D eigenvalue weighted by Crippen LogP contribution is 2.16. The number of hydrogen-bond acceptors (Lipinski definition) is 4. The van der Waals surface area contributed by atoms with Gasteiger partial charge in [0.1, 0.15) is 0 Å². The number of fused-ring (bicyclic) bond motifs is 1. The largest absolute Gasteiger partial charge is 0.322 e. The van der Waals surface area contributed by atoms with E-state index in [-0.39, 0.29) is 11.4 Å². The van der Waals surface area contributed by atoms with E-state index in [0.29, 0.717) is 5.56 Å². The van der Waals surface area contributed by atoms with Gasteiger partial charge in [-0.2, -0.15) is 0 Å². The summed E-state index contributed by atoms with van der Waals surface area (Å²) < 4.78 is 0. The first-order chi connectivity index (χ1) is 8.83. The third kappa shape index (κ3) is 2.22. The maximum atomic E-state index is 12.0. The molecule has 1 N–H and O–H groups in total. The molecule has 1 aliphatic rings. The lowest BCUT2D eigenvalue weighted by molar-refractivity contribution is 0.0951. The van der Waals surface area contributed by atoms with E-state index in [4.69, 9.17) is 0 Å². The molecule has 1 amide bonds. The van der Waals surface area contributed by atoms with Gasteiger partial charge in [0.05, 0.1) is 11.1 Å². The fourth-order valence-corrected chi connectivity index (χ4v) is 2.50. The average molecular weight is 257 g/mol. The molecule has 2 heterocycles. The third-order valence-electron chi connectivity index (χ3n) is 2.68. The Morgan fingerprint density at radius 1 is 1.39 bits per heavy atom. The molecule has 0 bridgehead atoms. The van der Waals surface area contributed by atoms with Gasteiger partial charge in [-0.3, -0.25) is 14.8 Å².